The fourth-order valence-corrected chi connectivity index (χ4v) is 6.38. The molecule has 8 nitrogen and oxygen atoms in total. The minimum atomic E-state index is -0.591. The van der Waals surface area contributed by atoms with Crippen LogP contribution in [0.5, 0.6) is 0 Å². The summed E-state index contributed by atoms with van der Waals surface area (Å²) in [5.74, 6) is 0.629. The number of aliphatic hydroxyl groups excluding tert-OH is 1. The zero-order chi connectivity index (χ0) is 27.1. The Morgan fingerprint density at radius 1 is 1.00 bits per heavy atom. The number of imidazole rings is 1. The molecule has 204 valence electrons. The van der Waals surface area contributed by atoms with E-state index in [9.17, 15) is 9.50 Å². The van der Waals surface area contributed by atoms with Gasteiger partial charge in [0, 0.05) is 32.0 Å². The van der Waals surface area contributed by atoms with E-state index in [1.807, 2.05) is 53.4 Å². The average molecular weight is 538 g/mol. The van der Waals surface area contributed by atoms with Gasteiger partial charge in [0.15, 0.2) is 5.65 Å². The van der Waals surface area contributed by atoms with Gasteiger partial charge in [-0.25, -0.2) is 13.9 Å². The molecular weight excluding hydrogens is 505 g/mol. The van der Waals surface area contributed by atoms with Crippen LogP contribution >= 0.6 is 0 Å². The lowest BCUT2D eigenvalue weighted by Crippen LogP contribution is -2.57. The van der Waals surface area contributed by atoms with Crippen molar-refractivity contribution in [3.05, 3.63) is 108 Å². The third-order valence-corrected chi connectivity index (χ3v) is 8.41. The van der Waals surface area contributed by atoms with Crippen molar-refractivity contribution < 1.29 is 9.50 Å². The van der Waals surface area contributed by atoms with Crippen LogP contribution in [0.1, 0.15) is 48.5 Å². The number of likely N-dealkylation sites (tertiary alicyclic amines) is 1. The van der Waals surface area contributed by atoms with Crippen LogP contribution in [0.2, 0.25) is 0 Å². The molecule has 0 saturated carbocycles. The smallest absolute Gasteiger partial charge is 0.154 e. The molecule has 3 aliphatic heterocycles. The highest BCUT2D eigenvalue weighted by atomic mass is 19.1. The predicted octanol–water partition coefficient (Wildman–Crippen LogP) is 4.41. The summed E-state index contributed by atoms with van der Waals surface area (Å²) in [6.07, 6.45) is 15.0. The molecule has 0 spiro atoms. The molecule has 40 heavy (non-hydrogen) atoms. The Hall–Kier alpha value is -4.08. The number of nitrogens with zero attached hydrogens (tertiary/aromatic N) is 6. The van der Waals surface area contributed by atoms with Crippen LogP contribution in [-0.2, 0) is 5.66 Å². The largest absolute Gasteiger partial charge is 0.393 e. The molecule has 1 aromatic carbocycles. The van der Waals surface area contributed by atoms with Crippen molar-refractivity contribution >= 4 is 17.2 Å². The van der Waals surface area contributed by atoms with Crippen molar-refractivity contribution in [2.24, 2.45) is 0 Å². The van der Waals surface area contributed by atoms with E-state index in [-0.39, 0.29) is 18.0 Å². The van der Waals surface area contributed by atoms with Crippen LogP contribution in [-0.4, -0.2) is 55.3 Å². The van der Waals surface area contributed by atoms with Gasteiger partial charge in [0.2, 0.25) is 0 Å². The van der Waals surface area contributed by atoms with Crippen molar-refractivity contribution in [2.45, 2.75) is 43.5 Å². The average Bonchev–Trinajstić information content (AvgIpc) is 3.65. The number of dihydropyridines is 1. The van der Waals surface area contributed by atoms with E-state index in [1.54, 1.807) is 12.1 Å². The number of pyridine rings is 1. The SMILES string of the molecule is OC1CCN([C@@]2(c3ccncc3)C=CC=C(c3cnc4ccc(N5CCCC5c5cccc(F)c5)nn34)N2)CC1. The molecule has 0 radical (unpaired) electrons. The molecule has 0 amide bonds. The monoisotopic (exact) mass is 537 g/mol. The summed E-state index contributed by atoms with van der Waals surface area (Å²) >= 11 is 0. The fraction of sp³-hybridized carbons (Fsp3) is 0.323. The van der Waals surface area contributed by atoms with E-state index in [1.165, 1.54) is 6.07 Å². The van der Waals surface area contributed by atoms with Gasteiger partial charge in [-0.05, 0) is 85.4 Å². The Morgan fingerprint density at radius 3 is 2.67 bits per heavy atom. The summed E-state index contributed by atoms with van der Waals surface area (Å²) < 4.78 is 15.9. The molecule has 2 fully saturated rings. The summed E-state index contributed by atoms with van der Waals surface area (Å²) in [6.45, 7) is 2.39. The summed E-state index contributed by atoms with van der Waals surface area (Å²) in [7, 11) is 0. The van der Waals surface area contributed by atoms with Crippen LogP contribution in [0.25, 0.3) is 11.3 Å². The lowest BCUT2D eigenvalue weighted by Gasteiger charge is -2.47. The van der Waals surface area contributed by atoms with Crippen molar-refractivity contribution in [3.63, 3.8) is 0 Å². The quantitative estimate of drug-likeness (QED) is 0.390. The minimum Gasteiger partial charge on any atom is -0.393 e. The molecule has 9 heteroatoms. The highest BCUT2D eigenvalue weighted by Gasteiger charge is 2.40. The molecular formula is C31H32FN7O. The Balaban J connectivity index is 1.24. The van der Waals surface area contributed by atoms with Gasteiger partial charge < -0.3 is 15.3 Å². The third kappa shape index (κ3) is 4.35. The van der Waals surface area contributed by atoms with Crippen LogP contribution in [0, 0.1) is 5.82 Å². The molecule has 3 aromatic heterocycles. The maximum absolute atomic E-state index is 14.0. The highest BCUT2D eigenvalue weighted by molar-refractivity contribution is 5.68. The number of anilines is 1. The van der Waals surface area contributed by atoms with Gasteiger partial charge in [-0.2, -0.15) is 0 Å². The van der Waals surface area contributed by atoms with Crippen molar-refractivity contribution in [2.75, 3.05) is 24.5 Å². The van der Waals surface area contributed by atoms with Crippen LogP contribution in [0.3, 0.4) is 0 Å². The van der Waals surface area contributed by atoms with Crippen LogP contribution in [0.15, 0.2) is 85.3 Å². The summed E-state index contributed by atoms with van der Waals surface area (Å²) in [5.41, 5.74) is 3.99. The Morgan fingerprint density at radius 2 is 1.85 bits per heavy atom. The number of fused-ring (bicyclic) bond motifs is 1. The number of piperidine rings is 1. The number of allylic oxidation sites excluding steroid dienone is 2. The lowest BCUT2D eigenvalue weighted by molar-refractivity contribution is 0.0252. The zero-order valence-electron chi connectivity index (χ0n) is 22.2. The molecule has 4 aromatic rings. The highest BCUT2D eigenvalue weighted by Crippen LogP contribution is 2.37. The summed E-state index contributed by atoms with van der Waals surface area (Å²) in [5, 5.41) is 19.1. The van der Waals surface area contributed by atoms with E-state index < -0.39 is 5.66 Å². The van der Waals surface area contributed by atoms with Gasteiger partial charge in [0.05, 0.1) is 24.0 Å². The number of rotatable bonds is 5. The maximum atomic E-state index is 14.0. The molecule has 1 unspecified atom stereocenters. The molecule has 3 aliphatic rings. The fourth-order valence-electron chi connectivity index (χ4n) is 6.38. The van der Waals surface area contributed by atoms with Gasteiger partial charge in [-0.15, -0.1) is 5.10 Å². The second kappa shape index (κ2) is 10.1. The molecule has 2 atom stereocenters. The second-order valence-corrected chi connectivity index (χ2v) is 10.8. The van der Waals surface area contributed by atoms with Gasteiger partial charge in [0.1, 0.15) is 23.0 Å². The molecule has 2 saturated heterocycles. The first-order chi connectivity index (χ1) is 19.6. The molecule has 6 heterocycles. The third-order valence-electron chi connectivity index (χ3n) is 8.41. The normalized spacial score (nSPS) is 23.9. The van der Waals surface area contributed by atoms with E-state index >= 15 is 0 Å². The van der Waals surface area contributed by atoms with Gasteiger partial charge in [-0.1, -0.05) is 18.2 Å². The van der Waals surface area contributed by atoms with Gasteiger partial charge in [-0.3, -0.25) is 9.88 Å². The topological polar surface area (TPSA) is 81.8 Å². The molecule has 2 N–H and O–H groups in total. The van der Waals surface area contributed by atoms with E-state index in [2.05, 4.69) is 43.3 Å². The second-order valence-electron chi connectivity index (χ2n) is 10.8. The number of hydrogen-bond acceptors (Lipinski definition) is 7. The number of benzene rings is 1. The number of halogens is 1. The molecule has 0 aliphatic carbocycles. The molecule has 7 rings (SSSR count). The van der Waals surface area contributed by atoms with Crippen LogP contribution in [0.4, 0.5) is 10.2 Å². The minimum absolute atomic E-state index is 0.0800. The number of aliphatic hydroxyl groups is 1. The first kappa shape index (κ1) is 24.9. The van der Waals surface area contributed by atoms with Crippen LogP contribution < -0.4 is 10.2 Å². The Kier molecular flexibility index (Phi) is 6.32. The standard InChI is InChI=1S/C31H32FN7O/c32-24-5-1-4-22(20-24)27-7-3-17-38(27)30-9-8-29-34-21-28(39(29)36-30)26-6-2-14-31(35-26,23-10-15-33-16-11-23)37-18-12-25(40)13-19-37/h1-2,4-6,8-11,14-16,20-21,25,27,35,40H,3,7,12-13,17-19H2/t27?,31-/m1/s1. The molecule has 0 bridgehead atoms. The van der Waals surface area contributed by atoms with E-state index in [0.29, 0.717) is 0 Å². The van der Waals surface area contributed by atoms with Gasteiger partial charge in [0.25, 0.3) is 0 Å². The van der Waals surface area contributed by atoms with E-state index in [0.717, 1.165) is 79.3 Å². The number of nitrogens with one attached hydrogen (secondary N) is 1. The van der Waals surface area contributed by atoms with E-state index in [4.69, 9.17) is 5.10 Å². The Bertz CT molecular complexity index is 1580. The summed E-state index contributed by atoms with van der Waals surface area (Å²) in [6, 6.07) is 15.0. The van der Waals surface area contributed by atoms with Crippen molar-refractivity contribution in [3.8, 4) is 0 Å². The first-order valence-electron chi connectivity index (χ1n) is 14.0. The lowest BCUT2D eigenvalue weighted by atomic mass is 9.91. The maximum Gasteiger partial charge on any atom is 0.154 e. The van der Waals surface area contributed by atoms with Crippen molar-refractivity contribution in [1.82, 2.24) is 29.8 Å². The zero-order valence-corrected chi connectivity index (χ0v) is 22.2. The number of hydrogen-bond donors (Lipinski definition) is 2. The Labute approximate surface area is 232 Å². The summed E-state index contributed by atoms with van der Waals surface area (Å²) in [4.78, 5) is 13.6. The number of aromatic nitrogens is 4. The van der Waals surface area contributed by atoms with Gasteiger partial charge >= 0.3 is 0 Å². The van der Waals surface area contributed by atoms with Crippen molar-refractivity contribution in [1.29, 1.82) is 0 Å². The predicted molar refractivity (Wildman–Crippen MR) is 152 cm³/mol. The first-order valence-corrected chi connectivity index (χ1v) is 14.0.